The van der Waals surface area contributed by atoms with Gasteiger partial charge < -0.3 is 16.4 Å². The van der Waals surface area contributed by atoms with Crippen molar-refractivity contribution in [3.63, 3.8) is 0 Å². The van der Waals surface area contributed by atoms with Gasteiger partial charge in [0.25, 0.3) is 0 Å². The number of nitrogen functional groups attached to an aromatic ring is 1. The summed E-state index contributed by atoms with van der Waals surface area (Å²) < 4.78 is 0. The number of aromatic nitrogens is 1. The van der Waals surface area contributed by atoms with Crippen molar-refractivity contribution in [1.29, 1.82) is 0 Å². The normalized spacial score (nSPS) is 9.81. The number of rotatable bonds is 3. The number of nitrogens with one attached hydrogen (secondary N) is 2. The number of hydrogen-bond acceptors (Lipinski definition) is 4. The molecule has 1 aromatic carbocycles. The molecule has 0 aliphatic rings. The molecule has 0 unspecified atom stereocenters. The summed E-state index contributed by atoms with van der Waals surface area (Å²) >= 11 is 0. The highest BCUT2D eigenvalue weighted by Gasteiger charge is 1.96. The number of benzene rings is 1. The van der Waals surface area contributed by atoms with Crippen molar-refractivity contribution in [3.05, 3.63) is 42.5 Å². The molecule has 82 valence electrons. The van der Waals surface area contributed by atoms with Gasteiger partial charge in [0, 0.05) is 18.4 Å². The predicted octanol–water partition coefficient (Wildman–Crippen LogP) is 2.45. The Kier molecular flexibility index (Phi) is 2.91. The molecule has 0 aliphatic carbocycles. The van der Waals surface area contributed by atoms with Crippen LogP contribution in [0, 0.1) is 0 Å². The number of anilines is 4. The van der Waals surface area contributed by atoms with Gasteiger partial charge in [0.05, 0.1) is 0 Å². The minimum atomic E-state index is 0.752. The first-order valence-electron chi connectivity index (χ1n) is 5.05. The van der Waals surface area contributed by atoms with Crippen molar-refractivity contribution in [2.24, 2.45) is 0 Å². The maximum absolute atomic E-state index is 5.61. The molecule has 0 saturated carbocycles. The van der Waals surface area contributed by atoms with E-state index in [9.17, 15) is 0 Å². The summed E-state index contributed by atoms with van der Waals surface area (Å²) in [5.74, 6) is 1.64. The van der Waals surface area contributed by atoms with Crippen molar-refractivity contribution in [3.8, 4) is 0 Å². The van der Waals surface area contributed by atoms with Crippen LogP contribution in [0.3, 0.4) is 0 Å². The van der Waals surface area contributed by atoms with Gasteiger partial charge in [-0.25, -0.2) is 4.98 Å². The Morgan fingerprint density at radius 3 is 2.38 bits per heavy atom. The van der Waals surface area contributed by atoms with Crippen LogP contribution < -0.4 is 16.4 Å². The van der Waals surface area contributed by atoms with Crippen LogP contribution >= 0.6 is 0 Å². The molecule has 4 heteroatoms. The van der Waals surface area contributed by atoms with Crippen LogP contribution in [0.1, 0.15) is 0 Å². The van der Waals surface area contributed by atoms with Gasteiger partial charge in [-0.05, 0) is 36.4 Å². The summed E-state index contributed by atoms with van der Waals surface area (Å²) in [7, 11) is 1.84. The lowest BCUT2D eigenvalue weighted by Crippen LogP contribution is -1.97. The lowest BCUT2D eigenvalue weighted by atomic mass is 10.3. The van der Waals surface area contributed by atoms with E-state index in [1.807, 2.05) is 49.5 Å². The summed E-state index contributed by atoms with van der Waals surface area (Å²) in [6, 6.07) is 13.3. The molecule has 0 amide bonds. The molecule has 16 heavy (non-hydrogen) atoms. The second-order valence-corrected chi connectivity index (χ2v) is 3.41. The standard InChI is InChI=1S/C12H14N4/c1-14-11-3-2-4-12(16-11)15-10-7-5-9(13)6-8-10/h2-8H,13H2,1H3,(H2,14,15,16). The topological polar surface area (TPSA) is 63.0 Å². The van der Waals surface area contributed by atoms with Crippen LogP contribution in [0.15, 0.2) is 42.5 Å². The molecule has 2 rings (SSSR count). The van der Waals surface area contributed by atoms with Crippen molar-refractivity contribution < 1.29 is 0 Å². The number of nitrogens with zero attached hydrogens (tertiary/aromatic N) is 1. The summed E-state index contributed by atoms with van der Waals surface area (Å²) in [4.78, 5) is 4.36. The molecule has 0 radical (unpaired) electrons. The third kappa shape index (κ3) is 2.42. The summed E-state index contributed by atoms with van der Waals surface area (Å²) in [6.45, 7) is 0. The maximum atomic E-state index is 5.61. The number of pyridine rings is 1. The fourth-order valence-electron chi connectivity index (χ4n) is 1.36. The quantitative estimate of drug-likeness (QED) is 0.687. The Morgan fingerprint density at radius 2 is 1.69 bits per heavy atom. The van der Waals surface area contributed by atoms with E-state index in [-0.39, 0.29) is 0 Å². The van der Waals surface area contributed by atoms with Crippen molar-refractivity contribution in [2.75, 3.05) is 23.4 Å². The molecule has 0 aliphatic heterocycles. The van der Waals surface area contributed by atoms with E-state index < -0.39 is 0 Å². The lowest BCUT2D eigenvalue weighted by molar-refractivity contribution is 1.28. The largest absolute Gasteiger partial charge is 0.399 e. The van der Waals surface area contributed by atoms with Crippen LogP contribution in [0.25, 0.3) is 0 Å². The van der Waals surface area contributed by atoms with E-state index in [1.165, 1.54) is 0 Å². The van der Waals surface area contributed by atoms with E-state index in [2.05, 4.69) is 15.6 Å². The van der Waals surface area contributed by atoms with Gasteiger partial charge in [-0.15, -0.1) is 0 Å². The van der Waals surface area contributed by atoms with E-state index in [4.69, 9.17) is 5.73 Å². The molecule has 0 saturated heterocycles. The maximum Gasteiger partial charge on any atom is 0.132 e. The smallest absolute Gasteiger partial charge is 0.132 e. The molecular formula is C12H14N4. The molecule has 1 aromatic heterocycles. The highest BCUT2D eigenvalue weighted by molar-refractivity contribution is 5.60. The Bertz CT molecular complexity index is 465. The average Bonchev–Trinajstić information content (AvgIpc) is 2.32. The molecule has 0 fully saturated rings. The molecule has 0 spiro atoms. The van der Waals surface area contributed by atoms with Gasteiger partial charge in [-0.2, -0.15) is 0 Å². The Balaban J connectivity index is 2.16. The van der Waals surface area contributed by atoms with Crippen LogP contribution in [-0.4, -0.2) is 12.0 Å². The van der Waals surface area contributed by atoms with Crippen molar-refractivity contribution in [1.82, 2.24) is 4.98 Å². The molecular weight excluding hydrogens is 200 g/mol. The van der Waals surface area contributed by atoms with E-state index >= 15 is 0 Å². The van der Waals surface area contributed by atoms with E-state index in [0.717, 1.165) is 23.0 Å². The van der Waals surface area contributed by atoms with Gasteiger partial charge in [0.2, 0.25) is 0 Å². The van der Waals surface area contributed by atoms with Gasteiger partial charge in [-0.1, -0.05) is 6.07 Å². The zero-order chi connectivity index (χ0) is 11.4. The lowest BCUT2D eigenvalue weighted by Gasteiger charge is -2.07. The zero-order valence-corrected chi connectivity index (χ0v) is 9.07. The molecule has 1 heterocycles. The van der Waals surface area contributed by atoms with Gasteiger partial charge >= 0.3 is 0 Å². The molecule has 0 atom stereocenters. The van der Waals surface area contributed by atoms with Crippen molar-refractivity contribution >= 4 is 23.0 Å². The monoisotopic (exact) mass is 214 g/mol. The predicted molar refractivity (Wildman–Crippen MR) is 67.9 cm³/mol. The fraction of sp³-hybridized carbons (Fsp3) is 0.0833. The SMILES string of the molecule is CNc1cccc(Nc2ccc(N)cc2)n1. The minimum Gasteiger partial charge on any atom is -0.399 e. The fourth-order valence-corrected chi connectivity index (χ4v) is 1.36. The van der Waals surface area contributed by atoms with E-state index in [1.54, 1.807) is 0 Å². The highest BCUT2D eigenvalue weighted by atomic mass is 15.0. The molecule has 4 N–H and O–H groups in total. The number of hydrogen-bond donors (Lipinski definition) is 3. The Labute approximate surface area is 94.5 Å². The second-order valence-electron chi connectivity index (χ2n) is 3.41. The molecule has 2 aromatic rings. The van der Waals surface area contributed by atoms with Gasteiger partial charge in [0.15, 0.2) is 0 Å². The summed E-state index contributed by atoms with van der Waals surface area (Å²) in [5.41, 5.74) is 7.33. The van der Waals surface area contributed by atoms with Crippen LogP contribution in [-0.2, 0) is 0 Å². The first-order chi connectivity index (χ1) is 7.78. The second kappa shape index (κ2) is 4.53. The highest BCUT2D eigenvalue weighted by Crippen LogP contribution is 2.17. The molecule has 0 bridgehead atoms. The molecule has 4 nitrogen and oxygen atoms in total. The van der Waals surface area contributed by atoms with E-state index in [0.29, 0.717) is 0 Å². The van der Waals surface area contributed by atoms with Crippen LogP contribution in [0.4, 0.5) is 23.0 Å². The van der Waals surface area contributed by atoms with Crippen LogP contribution in [0.2, 0.25) is 0 Å². The van der Waals surface area contributed by atoms with Crippen molar-refractivity contribution in [2.45, 2.75) is 0 Å². The third-order valence-corrected chi connectivity index (χ3v) is 2.19. The minimum absolute atomic E-state index is 0.752. The summed E-state index contributed by atoms with van der Waals surface area (Å²) in [5, 5.41) is 6.19. The number of nitrogens with two attached hydrogens (primary N) is 1. The zero-order valence-electron chi connectivity index (χ0n) is 9.07. The summed E-state index contributed by atoms with van der Waals surface area (Å²) in [6.07, 6.45) is 0. The Morgan fingerprint density at radius 1 is 1.00 bits per heavy atom. The van der Waals surface area contributed by atoms with Gasteiger partial charge in [-0.3, -0.25) is 0 Å². The average molecular weight is 214 g/mol. The Hall–Kier alpha value is -2.23. The first kappa shape index (κ1) is 10.3. The van der Waals surface area contributed by atoms with Crippen LogP contribution in [0.5, 0.6) is 0 Å². The third-order valence-electron chi connectivity index (χ3n) is 2.19. The first-order valence-corrected chi connectivity index (χ1v) is 5.05. The van der Waals surface area contributed by atoms with Gasteiger partial charge in [0.1, 0.15) is 11.6 Å².